The highest BCUT2D eigenvalue weighted by Gasteiger charge is 2.36. The minimum absolute atomic E-state index is 0.167. The molecule has 2 N–H and O–H groups in total. The van der Waals surface area contributed by atoms with Crippen LogP contribution in [0.25, 0.3) is 0 Å². The van der Waals surface area contributed by atoms with Crippen LogP contribution < -0.4 is 10.1 Å². The molecule has 1 saturated carbocycles. The van der Waals surface area contributed by atoms with Crippen molar-refractivity contribution in [1.29, 1.82) is 0 Å². The maximum absolute atomic E-state index is 9.86. The number of rotatable bonds is 4. The Hall–Kier alpha value is -2.14. The van der Waals surface area contributed by atoms with Crippen LogP contribution in [0.5, 0.6) is 5.75 Å². The Morgan fingerprint density at radius 1 is 1.19 bits per heavy atom. The van der Waals surface area contributed by atoms with Crippen LogP contribution in [0.3, 0.4) is 0 Å². The summed E-state index contributed by atoms with van der Waals surface area (Å²) in [5.41, 5.74) is 5.05. The predicted octanol–water partition coefficient (Wildman–Crippen LogP) is 3.13. The van der Waals surface area contributed by atoms with Crippen LogP contribution in [0.1, 0.15) is 53.5 Å². The molecule has 5 nitrogen and oxygen atoms in total. The minimum atomic E-state index is -0.167. The number of benzene rings is 1. The van der Waals surface area contributed by atoms with Gasteiger partial charge in [0.05, 0.1) is 18.8 Å². The third kappa shape index (κ3) is 2.75. The zero-order chi connectivity index (χ0) is 17.7. The summed E-state index contributed by atoms with van der Waals surface area (Å²) in [4.78, 5) is 9.36. The fourth-order valence-electron chi connectivity index (χ4n) is 4.60. The summed E-state index contributed by atoms with van der Waals surface area (Å²) in [6.45, 7) is 2.75. The second-order valence-corrected chi connectivity index (χ2v) is 7.87. The molecule has 0 saturated heterocycles. The van der Waals surface area contributed by atoms with Gasteiger partial charge in [0.1, 0.15) is 17.4 Å². The molecule has 2 aromatic rings. The lowest BCUT2D eigenvalue weighted by Gasteiger charge is -2.39. The third-order valence-corrected chi connectivity index (χ3v) is 6.03. The van der Waals surface area contributed by atoms with Gasteiger partial charge in [-0.25, -0.2) is 9.97 Å². The molecule has 1 atom stereocenters. The third-order valence-electron chi connectivity index (χ3n) is 6.03. The molecular weight excluding hydrogens is 326 g/mol. The molecule has 0 bridgehead atoms. The molecule has 1 aliphatic heterocycles. The first-order valence-electron chi connectivity index (χ1n) is 9.74. The molecule has 2 aliphatic carbocycles. The van der Waals surface area contributed by atoms with E-state index < -0.39 is 0 Å². The van der Waals surface area contributed by atoms with Crippen molar-refractivity contribution in [2.45, 2.75) is 57.6 Å². The Labute approximate surface area is 153 Å². The van der Waals surface area contributed by atoms with E-state index >= 15 is 0 Å². The van der Waals surface area contributed by atoms with Crippen molar-refractivity contribution in [3.05, 3.63) is 46.4 Å². The topological polar surface area (TPSA) is 67.3 Å². The van der Waals surface area contributed by atoms with Gasteiger partial charge in [0.15, 0.2) is 0 Å². The molecule has 1 aromatic carbocycles. The molecule has 1 fully saturated rings. The Bertz CT molecular complexity index is 845. The molecule has 3 aliphatic rings. The molecule has 26 heavy (non-hydrogen) atoms. The average molecular weight is 351 g/mol. The molecule has 1 aromatic heterocycles. The van der Waals surface area contributed by atoms with Crippen LogP contribution in [0, 0.1) is 12.8 Å². The predicted molar refractivity (Wildman–Crippen MR) is 99.5 cm³/mol. The van der Waals surface area contributed by atoms with E-state index in [0.29, 0.717) is 5.92 Å². The average Bonchev–Trinajstić information content (AvgIpc) is 3.24. The summed E-state index contributed by atoms with van der Waals surface area (Å²) in [5.74, 6) is 3.27. The molecule has 5 rings (SSSR count). The number of fused-ring (bicyclic) bond motifs is 2. The van der Waals surface area contributed by atoms with E-state index in [1.54, 1.807) is 0 Å². The lowest BCUT2D eigenvalue weighted by molar-refractivity contribution is 0.0339. The van der Waals surface area contributed by atoms with Crippen LogP contribution in [-0.2, 0) is 19.3 Å². The molecule has 0 unspecified atom stereocenters. The van der Waals surface area contributed by atoms with Gasteiger partial charge in [0.2, 0.25) is 0 Å². The highest BCUT2D eigenvalue weighted by molar-refractivity contribution is 5.52. The number of aliphatic hydroxyl groups is 1. The van der Waals surface area contributed by atoms with Crippen LogP contribution >= 0.6 is 0 Å². The van der Waals surface area contributed by atoms with Crippen molar-refractivity contribution in [3.63, 3.8) is 0 Å². The van der Waals surface area contributed by atoms with Crippen LogP contribution in [-0.4, -0.2) is 27.8 Å². The van der Waals surface area contributed by atoms with Gasteiger partial charge in [-0.05, 0) is 68.2 Å². The normalized spacial score (nSPS) is 24.4. The quantitative estimate of drug-likeness (QED) is 0.886. The van der Waals surface area contributed by atoms with Crippen molar-refractivity contribution >= 4 is 5.82 Å². The molecule has 2 heterocycles. The summed E-state index contributed by atoms with van der Waals surface area (Å²) in [6.07, 6.45) is 5.76. The highest BCUT2D eigenvalue weighted by atomic mass is 16.5. The van der Waals surface area contributed by atoms with E-state index in [1.165, 1.54) is 22.4 Å². The Kier molecular flexibility index (Phi) is 3.85. The standard InChI is InChI=1S/C21H25N3O2/c1-12-22-18-4-2-3-17(18)21(23-12)24-20(15-10-16(25)11-15)14-5-6-19-13(9-14)7-8-26-19/h5-6,9,15-16,20,25H,2-4,7-8,10-11H2,1H3,(H,22,23,24)/t15?,16?,20-/m1/s1. The van der Waals surface area contributed by atoms with Crippen molar-refractivity contribution < 1.29 is 9.84 Å². The van der Waals surface area contributed by atoms with E-state index in [9.17, 15) is 5.11 Å². The second-order valence-electron chi connectivity index (χ2n) is 7.87. The number of hydrogen-bond donors (Lipinski definition) is 2. The van der Waals surface area contributed by atoms with Gasteiger partial charge in [-0.3, -0.25) is 0 Å². The van der Waals surface area contributed by atoms with Gasteiger partial charge in [-0.2, -0.15) is 0 Å². The van der Waals surface area contributed by atoms with Gasteiger partial charge in [-0.1, -0.05) is 6.07 Å². The largest absolute Gasteiger partial charge is 0.493 e. The summed E-state index contributed by atoms with van der Waals surface area (Å²) in [7, 11) is 0. The number of aryl methyl sites for hydroxylation is 2. The van der Waals surface area contributed by atoms with Crippen molar-refractivity contribution in [3.8, 4) is 5.75 Å². The zero-order valence-corrected chi connectivity index (χ0v) is 15.2. The number of aromatic nitrogens is 2. The highest BCUT2D eigenvalue weighted by Crippen LogP contribution is 2.42. The summed E-state index contributed by atoms with van der Waals surface area (Å²) < 4.78 is 5.66. The van der Waals surface area contributed by atoms with Crippen molar-refractivity contribution in [1.82, 2.24) is 9.97 Å². The number of hydrogen-bond acceptors (Lipinski definition) is 5. The summed E-state index contributed by atoms with van der Waals surface area (Å²) >= 11 is 0. The molecular formula is C21H25N3O2. The zero-order valence-electron chi connectivity index (χ0n) is 15.2. The van der Waals surface area contributed by atoms with Crippen LogP contribution in [0.15, 0.2) is 18.2 Å². The number of aliphatic hydroxyl groups excluding tert-OH is 1. The molecule has 136 valence electrons. The Morgan fingerprint density at radius 2 is 2.08 bits per heavy atom. The van der Waals surface area contributed by atoms with Gasteiger partial charge in [-0.15, -0.1) is 0 Å². The first kappa shape index (κ1) is 16.1. The van der Waals surface area contributed by atoms with Gasteiger partial charge < -0.3 is 15.2 Å². The monoisotopic (exact) mass is 351 g/mol. The SMILES string of the molecule is Cc1nc2c(c(N[C@H](c3ccc4c(c3)CCO4)C3CC(O)C3)n1)CCC2. The van der Waals surface area contributed by atoms with Crippen molar-refractivity contribution in [2.24, 2.45) is 5.92 Å². The van der Waals surface area contributed by atoms with E-state index in [-0.39, 0.29) is 12.1 Å². The van der Waals surface area contributed by atoms with Crippen LogP contribution in [0.4, 0.5) is 5.82 Å². The number of nitrogens with zero attached hydrogens (tertiary/aromatic N) is 2. The molecule has 0 amide bonds. The Morgan fingerprint density at radius 3 is 2.92 bits per heavy atom. The lowest BCUT2D eigenvalue weighted by Crippen LogP contribution is -2.36. The van der Waals surface area contributed by atoms with Crippen LogP contribution in [0.2, 0.25) is 0 Å². The first-order valence-corrected chi connectivity index (χ1v) is 9.74. The number of nitrogens with one attached hydrogen (secondary N) is 1. The van der Waals surface area contributed by atoms with Gasteiger partial charge >= 0.3 is 0 Å². The summed E-state index contributed by atoms with van der Waals surface area (Å²) in [5, 5.41) is 13.6. The fraction of sp³-hybridized carbons (Fsp3) is 0.524. The van der Waals surface area contributed by atoms with Crippen molar-refractivity contribution in [2.75, 3.05) is 11.9 Å². The number of ether oxygens (including phenoxy) is 1. The maximum atomic E-state index is 9.86. The smallest absolute Gasteiger partial charge is 0.133 e. The van der Waals surface area contributed by atoms with E-state index in [4.69, 9.17) is 9.72 Å². The molecule has 0 spiro atoms. The second kappa shape index (κ2) is 6.23. The maximum Gasteiger partial charge on any atom is 0.133 e. The van der Waals surface area contributed by atoms with Gasteiger partial charge in [0, 0.05) is 17.7 Å². The minimum Gasteiger partial charge on any atom is -0.493 e. The first-order chi connectivity index (χ1) is 12.7. The van der Waals surface area contributed by atoms with E-state index in [1.807, 2.05) is 6.92 Å². The summed E-state index contributed by atoms with van der Waals surface area (Å²) in [6, 6.07) is 6.71. The number of anilines is 1. The van der Waals surface area contributed by atoms with E-state index in [0.717, 1.165) is 62.5 Å². The Balaban J connectivity index is 1.50. The lowest BCUT2D eigenvalue weighted by atomic mass is 9.74. The van der Waals surface area contributed by atoms with E-state index in [2.05, 4.69) is 28.5 Å². The molecule has 0 radical (unpaired) electrons. The molecule has 5 heteroatoms. The van der Waals surface area contributed by atoms with Gasteiger partial charge in [0.25, 0.3) is 0 Å². The fourth-order valence-corrected chi connectivity index (χ4v) is 4.60.